The summed E-state index contributed by atoms with van der Waals surface area (Å²) in [6.45, 7) is 1.03. The summed E-state index contributed by atoms with van der Waals surface area (Å²) in [5.74, 6) is -0.407. The lowest BCUT2D eigenvalue weighted by molar-refractivity contribution is -0.118. The van der Waals surface area contributed by atoms with Crippen molar-refractivity contribution < 1.29 is 13.9 Å². The van der Waals surface area contributed by atoms with Crippen molar-refractivity contribution in [2.75, 3.05) is 19.5 Å². The predicted molar refractivity (Wildman–Crippen MR) is 107 cm³/mol. The lowest BCUT2D eigenvalue weighted by Crippen LogP contribution is -2.27. The molecule has 2 aromatic carbocycles. The van der Waals surface area contributed by atoms with Gasteiger partial charge in [0.15, 0.2) is 5.16 Å². The number of hydrogen-bond acceptors (Lipinski definition) is 5. The van der Waals surface area contributed by atoms with Gasteiger partial charge in [0.1, 0.15) is 5.82 Å². The summed E-state index contributed by atoms with van der Waals surface area (Å²) in [5.41, 5.74) is 1.24. The summed E-state index contributed by atoms with van der Waals surface area (Å²) < 4.78 is 19.5. The van der Waals surface area contributed by atoms with Crippen molar-refractivity contribution in [1.82, 2.24) is 14.9 Å². The van der Waals surface area contributed by atoms with E-state index in [0.29, 0.717) is 35.8 Å². The van der Waals surface area contributed by atoms with Crippen molar-refractivity contribution in [2.45, 2.75) is 18.2 Å². The second-order valence-corrected chi connectivity index (χ2v) is 7.00. The zero-order valence-electron chi connectivity index (χ0n) is 15.4. The molecule has 0 fully saturated rings. The van der Waals surface area contributed by atoms with Crippen LogP contribution in [0, 0.1) is 5.82 Å². The molecule has 6 nitrogen and oxygen atoms in total. The Kier molecular flexibility index (Phi) is 6.78. The lowest BCUT2D eigenvalue weighted by Gasteiger charge is -2.12. The van der Waals surface area contributed by atoms with Gasteiger partial charge in [-0.05, 0) is 29.8 Å². The Hall–Kier alpha value is -2.71. The quantitative estimate of drug-likeness (QED) is 0.464. The molecule has 0 spiro atoms. The van der Waals surface area contributed by atoms with Crippen LogP contribution >= 0.6 is 11.8 Å². The van der Waals surface area contributed by atoms with Crippen LogP contribution in [0.25, 0.3) is 10.9 Å². The largest absolute Gasteiger partial charge is 0.383 e. The molecule has 0 saturated carbocycles. The van der Waals surface area contributed by atoms with Gasteiger partial charge in [0.25, 0.3) is 5.56 Å². The first-order valence-electron chi connectivity index (χ1n) is 8.71. The van der Waals surface area contributed by atoms with Crippen LogP contribution in [0.1, 0.15) is 5.56 Å². The van der Waals surface area contributed by atoms with Crippen molar-refractivity contribution in [3.63, 3.8) is 0 Å². The van der Waals surface area contributed by atoms with Gasteiger partial charge in [0.05, 0.1) is 29.8 Å². The maximum absolute atomic E-state index is 12.9. The number of aromatic nitrogens is 2. The first-order valence-corrected chi connectivity index (χ1v) is 9.69. The zero-order chi connectivity index (χ0) is 19.9. The molecular weight excluding hydrogens is 381 g/mol. The standard InChI is InChI=1S/C20H20FN3O3S/c1-27-11-10-24-19(26)16-4-2-3-5-17(16)23-20(24)28-13-18(25)22-12-14-6-8-15(21)9-7-14/h2-9H,10-13H2,1H3,(H,22,25). The lowest BCUT2D eigenvalue weighted by atomic mass is 10.2. The van der Waals surface area contributed by atoms with Crippen LogP contribution in [0.4, 0.5) is 4.39 Å². The van der Waals surface area contributed by atoms with Crippen LogP contribution in [0.5, 0.6) is 0 Å². The van der Waals surface area contributed by atoms with Gasteiger partial charge >= 0.3 is 0 Å². The van der Waals surface area contributed by atoms with E-state index in [-0.39, 0.29) is 23.0 Å². The van der Waals surface area contributed by atoms with Crippen LogP contribution in [0.15, 0.2) is 58.5 Å². The smallest absolute Gasteiger partial charge is 0.262 e. The van der Waals surface area contributed by atoms with Gasteiger partial charge in [-0.2, -0.15) is 0 Å². The molecule has 3 aromatic rings. The highest BCUT2D eigenvalue weighted by molar-refractivity contribution is 7.99. The van der Waals surface area contributed by atoms with Crippen LogP contribution in [-0.2, 0) is 22.6 Å². The molecule has 0 atom stereocenters. The van der Waals surface area contributed by atoms with E-state index in [9.17, 15) is 14.0 Å². The number of amides is 1. The zero-order valence-corrected chi connectivity index (χ0v) is 16.2. The van der Waals surface area contributed by atoms with E-state index in [0.717, 1.165) is 5.56 Å². The number of fused-ring (bicyclic) bond motifs is 1. The van der Waals surface area contributed by atoms with E-state index in [2.05, 4.69) is 10.3 Å². The minimum absolute atomic E-state index is 0.110. The van der Waals surface area contributed by atoms with E-state index in [1.807, 2.05) is 6.07 Å². The summed E-state index contributed by atoms with van der Waals surface area (Å²) >= 11 is 1.20. The summed E-state index contributed by atoms with van der Waals surface area (Å²) in [5, 5.41) is 3.78. The van der Waals surface area contributed by atoms with Crippen molar-refractivity contribution in [3.8, 4) is 0 Å². The number of thioether (sulfide) groups is 1. The molecular formula is C20H20FN3O3S. The third kappa shape index (κ3) is 4.96. The molecule has 1 heterocycles. The van der Waals surface area contributed by atoms with Gasteiger partial charge in [-0.1, -0.05) is 36.0 Å². The number of nitrogens with zero attached hydrogens (tertiary/aromatic N) is 2. The maximum Gasteiger partial charge on any atom is 0.262 e. The highest BCUT2D eigenvalue weighted by Crippen LogP contribution is 2.17. The molecule has 0 aliphatic rings. The molecule has 3 rings (SSSR count). The second kappa shape index (κ2) is 9.48. The number of para-hydroxylation sites is 1. The molecule has 1 aromatic heterocycles. The van der Waals surface area contributed by atoms with E-state index in [1.165, 1.54) is 28.5 Å². The molecule has 1 amide bonds. The Labute approximate surface area is 165 Å². The number of rotatable bonds is 8. The number of carbonyl (C=O) groups is 1. The topological polar surface area (TPSA) is 73.2 Å². The molecule has 0 unspecified atom stereocenters. The fourth-order valence-corrected chi connectivity index (χ4v) is 3.48. The number of methoxy groups -OCH3 is 1. The summed E-state index contributed by atoms with van der Waals surface area (Å²) in [7, 11) is 1.56. The van der Waals surface area contributed by atoms with E-state index in [1.54, 1.807) is 37.4 Å². The Morgan fingerprint density at radius 1 is 1.21 bits per heavy atom. The minimum atomic E-state index is -0.318. The number of halogens is 1. The maximum atomic E-state index is 12.9. The molecule has 28 heavy (non-hydrogen) atoms. The first kappa shape index (κ1) is 20.0. The van der Waals surface area contributed by atoms with Gasteiger partial charge < -0.3 is 10.1 Å². The van der Waals surface area contributed by atoms with Crippen LogP contribution < -0.4 is 10.9 Å². The molecule has 0 aliphatic heterocycles. The monoisotopic (exact) mass is 401 g/mol. The summed E-state index contributed by atoms with van der Waals surface area (Å²) in [6.07, 6.45) is 0. The fourth-order valence-electron chi connectivity index (χ4n) is 2.62. The van der Waals surface area contributed by atoms with Crippen molar-refractivity contribution >= 4 is 28.6 Å². The van der Waals surface area contributed by atoms with Gasteiger partial charge in [-0.25, -0.2) is 9.37 Å². The van der Waals surface area contributed by atoms with Crippen molar-refractivity contribution in [2.24, 2.45) is 0 Å². The summed E-state index contributed by atoms with van der Waals surface area (Å²) in [4.78, 5) is 29.5. The van der Waals surface area contributed by atoms with E-state index >= 15 is 0 Å². The van der Waals surface area contributed by atoms with Gasteiger partial charge in [-0.3, -0.25) is 14.2 Å². The number of carbonyl (C=O) groups excluding carboxylic acids is 1. The molecule has 0 bridgehead atoms. The molecule has 8 heteroatoms. The van der Waals surface area contributed by atoms with Gasteiger partial charge in [0, 0.05) is 13.7 Å². The first-order chi connectivity index (χ1) is 13.6. The van der Waals surface area contributed by atoms with Crippen LogP contribution in [-0.4, -0.2) is 34.9 Å². The number of hydrogen-bond donors (Lipinski definition) is 1. The van der Waals surface area contributed by atoms with E-state index < -0.39 is 0 Å². The normalized spacial score (nSPS) is 10.9. The Morgan fingerprint density at radius 3 is 2.71 bits per heavy atom. The van der Waals surface area contributed by atoms with Crippen molar-refractivity contribution in [1.29, 1.82) is 0 Å². The molecule has 0 aliphatic carbocycles. The predicted octanol–water partition coefficient (Wildman–Crippen LogP) is 2.59. The molecule has 0 radical (unpaired) electrons. The van der Waals surface area contributed by atoms with Gasteiger partial charge in [0.2, 0.25) is 5.91 Å². The highest BCUT2D eigenvalue weighted by atomic mass is 32.2. The molecule has 0 saturated heterocycles. The average Bonchev–Trinajstić information content (AvgIpc) is 2.71. The minimum Gasteiger partial charge on any atom is -0.383 e. The number of nitrogens with one attached hydrogen (secondary N) is 1. The molecule has 146 valence electrons. The van der Waals surface area contributed by atoms with Gasteiger partial charge in [-0.15, -0.1) is 0 Å². The third-order valence-corrected chi connectivity index (χ3v) is 5.06. The Morgan fingerprint density at radius 2 is 1.96 bits per heavy atom. The Balaban J connectivity index is 1.70. The van der Waals surface area contributed by atoms with Crippen LogP contribution in [0.3, 0.4) is 0 Å². The number of ether oxygens (including phenoxy) is 1. The third-order valence-electron chi connectivity index (χ3n) is 4.08. The van der Waals surface area contributed by atoms with E-state index in [4.69, 9.17) is 4.74 Å². The fraction of sp³-hybridized carbons (Fsp3) is 0.250. The van der Waals surface area contributed by atoms with Crippen molar-refractivity contribution in [3.05, 3.63) is 70.3 Å². The number of benzene rings is 2. The SMILES string of the molecule is COCCn1c(SCC(=O)NCc2ccc(F)cc2)nc2ccccc2c1=O. The summed E-state index contributed by atoms with van der Waals surface area (Å²) in [6, 6.07) is 13.1. The van der Waals surface area contributed by atoms with Crippen LogP contribution in [0.2, 0.25) is 0 Å². The molecule has 1 N–H and O–H groups in total. The Bertz CT molecular complexity index is 1020. The highest BCUT2D eigenvalue weighted by Gasteiger charge is 2.13. The average molecular weight is 401 g/mol. The second-order valence-electron chi connectivity index (χ2n) is 6.05.